The summed E-state index contributed by atoms with van der Waals surface area (Å²) >= 11 is 0. The summed E-state index contributed by atoms with van der Waals surface area (Å²) in [5.41, 5.74) is 3.55. The lowest BCUT2D eigenvalue weighted by molar-refractivity contribution is 0.0987. The highest BCUT2D eigenvalue weighted by molar-refractivity contribution is 6.04. The summed E-state index contributed by atoms with van der Waals surface area (Å²) in [6, 6.07) is 7.77. The minimum Gasteiger partial charge on any atom is -0.376 e. The summed E-state index contributed by atoms with van der Waals surface area (Å²) in [6.07, 6.45) is 4.78. The first kappa shape index (κ1) is 18.2. The molecule has 0 saturated carbocycles. The third-order valence-corrected chi connectivity index (χ3v) is 5.68. The largest absolute Gasteiger partial charge is 0.376 e. The monoisotopic (exact) mass is 391 g/mol. The zero-order valence-electron chi connectivity index (χ0n) is 16.8. The normalized spacial score (nSPS) is 17.3. The lowest BCUT2D eigenvalue weighted by atomic mass is 10.1. The van der Waals surface area contributed by atoms with Crippen molar-refractivity contribution in [3.63, 3.8) is 0 Å². The molecule has 5 rings (SSSR count). The number of aromatic nitrogens is 5. The van der Waals surface area contributed by atoms with Gasteiger partial charge in [0.15, 0.2) is 11.3 Å². The fourth-order valence-electron chi connectivity index (χ4n) is 4.06. The molecule has 29 heavy (non-hydrogen) atoms. The molecule has 7 nitrogen and oxygen atoms in total. The average Bonchev–Trinajstić information content (AvgIpc) is 3.33. The van der Waals surface area contributed by atoms with Crippen molar-refractivity contribution in [2.45, 2.75) is 52.3 Å². The first-order valence-electron chi connectivity index (χ1n) is 10.4. The summed E-state index contributed by atoms with van der Waals surface area (Å²) in [5, 5.41) is 0.558. The average molecular weight is 391 g/mol. The fraction of sp³-hybridized carbons (Fsp3) is 0.455. The third kappa shape index (κ3) is 3.19. The second-order valence-electron chi connectivity index (χ2n) is 8.25. The number of para-hydroxylation sites is 2. The van der Waals surface area contributed by atoms with Gasteiger partial charge in [-0.3, -0.25) is 9.36 Å². The molecule has 0 aliphatic carbocycles. The highest BCUT2D eigenvalue weighted by Crippen LogP contribution is 2.27. The van der Waals surface area contributed by atoms with E-state index in [2.05, 4.69) is 18.8 Å². The van der Waals surface area contributed by atoms with E-state index in [0.29, 0.717) is 41.2 Å². The van der Waals surface area contributed by atoms with Crippen LogP contribution in [-0.4, -0.2) is 36.8 Å². The Bertz CT molecular complexity index is 1250. The number of aryl methyl sites for hydroxylation is 1. The number of hydrogen-bond donors (Lipinski definition) is 0. The van der Waals surface area contributed by atoms with Gasteiger partial charge in [0.2, 0.25) is 0 Å². The van der Waals surface area contributed by atoms with E-state index in [1.54, 1.807) is 10.9 Å². The van der Waals surface area contributed by atoms with E-state index >= 15 is 0 Å². The van der Waals surface area contributed by atoms with Gasteiger partial charge in [0.05, 0.1) is 30.0 Å². The van der Waals surface area contributed by atoms with Gasteiger partial charge in [-0.25, -0.2) is 15.0 Å². The number of ether oxygens (including phenoxy) is 1. The molecule has 150 valence electrons. The van der Waals surface area contributed by atoms with Gasteiger partial charge in [-0.05, 0) is 37.3 Å². The number of benzene rings is 1. The molecule has 0 bridgehead atoms. The van der Waals surface area contributed by atoms with Gasteiger partial charge in [-0.1, -0.05) is 26.0 Å². The summed E-state index contributed by atoms with van der Waals surface area (Å²) in [6.45, 7) is 6.38. The van der Waals surface area contributed by atoms with E-state index < -0.39 is 0 Å². The van der Waals surface area contributed by atoms with Gasteiger partial charge >= 0.3 is 0 Å². The summed E-state index contributed by atoms with van der Waals surface area (Å²) in [7, 11) is 0. The van der Waals surface area contributed by atoms with Crippen molar-refractivity contribution in [3.05, 3.63) is 40.9 Å². The molecule has 0 radical (unpaired) electrons. The van der Waals surface area contributed by atoms with Gasteiger partial charge in [-0.2, -0.15) is 0 Å². The van der Waals surface area contributed by atoms with Crippen molar-refractivity contribution in [1.29, 1.82) is 0 Å². The van der Waals surface area contributed by atoms with E-state index in [1.807, 2.05) is 28.8 Å². The van der Waals surface area contributed by atoms with E-state index in [0.717, 1.165) is 36.9 Å². The van der Waals surface area contributed by atoms with E-state index in [9.17, 15) is 4.79 Å². The van der Waals surface area contributed by atoms with E-state index in [1.165, 1.54) is 0 Å². The molecule has 0 spiro atoms. The summed E-state index contributed by atoms with van der Waals surface area (Å²) in [5.74, 6) is 0.516. The first-order chi connectivity index (χ1) is 14.1. The van der Waals surface area contributed by atoms with Crippen molar-refractivity contribution >= 4 is 33.2 Å². The van der Waals surface area contributed by atoms with E-state index in [-0.39, 0.29) is 11.7 Å². The first-order valence-corrected chi connectivity index (χ1v) is 10.4. The van der Waals surface area contributed by atoms with Crippen molar-refractivity contribution < 1.29 is 4.74 Å². The lowest BCUT2D eigenvalue weighted by Gasteiger charge is -2.12. The van der Waals surface area contributed by atoms with Gasteiger partial charge in [-0.15, -0.1) is 0 Å². The minimum absolute atomic E-state index is 0.0451. The Morgan fingerprint density at radius 2 is 1.97 bits per heavy atom. The van der Waals surface area contributed by atoms with Crippen LogP contribution in [0.2, 0.25) is 0 Å². The predicted octanol–water partition coefficient (Wildman–Crippen LogP) is 3.52. The van der Waals surface area contributed by atoms with E-state index in [4.69, 9.17) is 14.7 Å². The number of rotatable bonds is 5. The second-order valence-corrected chi connectivity index (χ2v) is 8.25. The summed E-state index contributed by atoms with van der Waals surface area (Å²) < 4.78 is 9.58. The van der Waals surface area contributed by atoms with Crippen LogP contribution in [0.25, 0.3) is 33.2 Å². The molecule has 0 N–H and O–H groups in total. The minimum atomic E-state index is -0.0451. The zero-order valence-corrected chi connectivity index (χ0v) is 16.8. The zero-order chi connectivity index (χ0) is 20.0. The maximum absolute atomic E-state index is 13.4. The Kier molecular flexibility index (Phi) is 4.54. The Morgan fingerprint density at radius 1 is 1.17 bits per heavy atom. The molecule has 1 aliphatic heterocycles. The molecule has 1 saturated heterocycles. The van der Waals surface area contributed by atoms with Crippen LogP contribution in [0.5, 0.6) is 0 Å². The molecule has 4 heterocycles. The number of nitrogens with zero attached hydrogens (tertiary/aromatic N) is 5. The Morgan fingerprint density at radius 3 is 2.69 bits per heavy atom. The molecule has 1 aliphatic rings. The van der Waals surface area contributed by atoms with Crippen LogP contribution < -0.4 is 5.56 Å². The SMILES string of the molecule is CC(C)CCn1cnc2c(c1=O)c1nc3ccccc3nc1n2C[C@H]1CCCO1. The van der Waals surface area contributed by atoms with Gasteiger partial charge in [0.1, 0.15) is 10.9 Å². The topological polar surface area (TPSA) is 74.8 Å². The van der Waals surface area contributed by atoms with Crippen LogP contribution in [-0.2, 0) is 17.8 Å². The molecule has 0 unspecified atom stereocenters. The number of hydrogen-bond acceptors (Lipinski definition) is 5. The van der Waals surface area contributed by atoms with Crippen LogP contribution in [0.4, 0.5) is 0 Å². The predicted molar refractivity (Wildman–Crippen MR) is 113 cm³/mol. The Balaban J connectivity index is 1.76. The Labute approximate surface area is 168 Å². The maximum Gasteiger partial charge on any atom is 0.265 e. The lowest BCUT2D eigenvalue weighted by Crippen LogP contribution is -2.22. The molecular formula is C22H25N5O2. The second kappa shape index (κ2) is 7.22. The van der Waals surface area contributed by atoms with Crippen molar-refractivity contribution in [3.8, 4) is 0 Å². The van der Waals surface area contributed by atoms with Crippen LogP contribution in [0.3, 0.4) is 0 Å². The standard InChI is InChI=1S/C22H25N5O2/c1-14(2)9-10-26-13-23-20-18(22(26)28)19-21(27(20)12-15-6-5-11-29-15)25-17-8-4-3-7-16(17)24-19/h3-4,7-8,13-15H,5-6,9-12H2,1-2H3/t15-/m1/s1. The molecule has 3 aromatic heterocycles. The van der Waals surface area contributed by atoms with Crippen molar-refractivity contribution in [2.75, 3.05) is 6.61 Å². The molecule has 7 heteroatoms. The Hall–Kier alpha value is -2.80. The third-order valence-electron chi connectivity index (χ3n) is 5.68. The smallest absolute Gasteiger partial charge is 0.265 e. The number of fused-ring (bicyclic) bond motifs is 4. The van der Waals surface area contributed by atoms with Crippen molar-refractivity contribution in [1.82, 2.24) is 24.1 Å². The van der Waals surface area contributed by atoms with Gasteiger partial charge < -0.3 is 9.30 Å². The highest BCUT2D eigenvalue weighted by atomic mass is 16.5. The highest BCUT2D eigenvalue weighted by Gasteiger charge is 2.23. The van der Waals surface area contributed by atoms with Crippen LogP contribution in [0.15, 0.2) is 35.4 Å². The van der Waals surface area contributed by atoms with Gasteiger partial charge in [0, 0.05) is 13.2 Å². The molecule has 4 aromatic rings. The van der Waals surface area contributed by atoms with Crippen LogP contribution in [0, 0.1) is 5.92 Å². The molecular weight excluding hydrogens is 366 g/mol. The molecule has 1 aromatic carbocycles. The quantitative estimate of drug-likeness (QED) is 0.520. The molecule has 1 fully saturated rings. The molecule has 1 atom stereocenters. The fourth-order valence-corrected chi connectivity index (χ4v) is 4.06. The summed E-state index contributed by atoms with van der Waals surface area (Å²) in [4.78, 5) is 27.7. The van der Waals surface area contributed by atoms with Gasteiger partial charge in [0.25, 0.3) is 5.56 Å². The molecule has 0 amide bonds. The van der Waals surface area contributed by atoms with Crippen LogP contribution in [0.1, 0.15) is 33.1 Å². The van der Waals surface area contributed by atoms with Crippen molar-refractivity contribution in [2.24, 2.45) is 5.92 Å². The van der Waals surface area contributed by atoms with Crippen LogP contribution >= 0.6 is 0 Å². The maximum atomic E-state index is 13.4.